The zero-order valence-corrected chi connectivity index (χ0v) is 16.8. The lowest BCUT2D eigenvalue weighted by molar-refractivity contribution is -0.136. The van der Waals surface area contributed by atoms with E-state index in [1.165, 1.54) is 5.56 Å². The van der Waals surface area contributed by atoms with Crippen molar-refractivity contribution < 1.29 is 9.59 Å². The van der Waals surface area contributed by atoms with Crippen LogP contribution in [0.5, 0.6) is 0 Å². The highest BCUT2D eigenvalue weighted by Crippen LogP contribution is 2.20. The van der Waals surface area contributed by atoms with Crippen LogP contribution in [-0.4, -0.2) is 34.8 Å². The van der Waals surface area contributed by atoms with Crippen molar-refractivity contribution in [2.24, 2.45) is 0 Å². The standard InChI is InChI=1S/C23H26N4O2/c1-3-27(4-2)16-18-12-10-17(11-13-18)15-25-22(28)23(29)26-20-9-5-7-19-8-6-14-24-21(19)20/h5-14H,3-4,15-16H2,1-2H3,(H,25,28)(H,26,29). The Labute approximate surface area is 170 Å². The normalized spacial score (nSPS) is 10.9. The monoisotopic (exact) mass is 390 g/mol. The van der Waals surface area contributed by atoms with E-state index in [4.69, 9.17) is 0 Å². The van der Waals surface area contributed by atoms with E-state index in [0.717, 1.165) is 30.6 Å². The lowest BCUT2D eigenvalue weighted by Crippen LogP contribution is -2.35. The highest BCUT2D eigenvalue weighted by atomic mass is 16.2. The Balaban J connectivity index is 1.55. The molecule has 0 bridgehead atoms. The fourth-order valence-corrected chi connectivity index (χ4v) is 3.11. The van der Waals surface area contributed by atoms with E-state index < -0.39 is 11.8 Å². The minimum atomic E-state index is -0.707. The van der Waals surface area contributed by atoms with E-state index in [1.807, 2.05) is 36.4 Å². The van der Waals surface area contributed by atoms with Crippen LogP contribution < -0.4 is 10.6 Å². The summed E-state index contributed by atoms with van der Waals surface area (Å²) in [4.78, 5) is 31.1. The number of pyridine rings is 1. The van der Waals surface area contributed by atoms with Crippen LogP contribution in [0.1, 0.15) is 25.0 Å². The number of hydrogen-bond donors (Lipinski definition) is 2. The van der Waals surface area contributed by atoms with E-state index in [0.29, 0.717) is 17.7 Å². The fourth-order valence-electron chi connectivity index (χ4n) is 3.11. The Bertz CT molecular complexity index is 976. The number of carbonyl (C=O) groups excluding carboxylic acids is 2. The Morgan fingerprint density at radius 1 is 0.897 bits per heavy atom. The minimum absolute atomic E-state index is 0.297. The molecular weight excluding hydrogens is 364 g/mol. The van der Waals surface area contributed by atoms with Gasteiger partial charge in [-0.1, -0.05) is 56.3 Å². The van der Waals surface area contributed by atoms with Gasteiger partial charge in [-0.2, -0.15) is 0 Å². The molecule has 0 atom stereocenters. The quantitative estimate of drug-likeness (QED) is 0.607. The number of hydrogen-bond acceptors (Lipinski definition) is 4. The van der Waals surface area contributed by atoms with Gasteiger partial charge in [0, 0.05) is 24.7 Å². The molecule has 0 saturated carbocycles. The van der Waals surface area contributed by atoms with Crippen molar-refractivity contribution in [1.29, 1.82) is 0 Å². The first-order valence-corrected chi connectivity index (χ1v) is 9.83. The molecular formula is C23H26N4O2. The summed E-state index contributed by atoms with van der Waals surface area (Å²) in [6, 6.07) is 17.3. The molecule has 3 rings (SSSR count). The summed E-state index contributed by atoms with van der Waals surface area (Å²) >= 11 is 0. The molecule has 0 radical (unpaired) electrons. The van der Waals surface area contributed by atoms with Gasteiger partial charge in [0.05, 0.1) is 11.2 Å². The van der Waals surface area contributed by atoms with Gasteiger partial charge in [-0.25, -0.2) is 0 Å². The van der Waals surface area contributed by atoms with Crippen molar-refractivity contribution >= 4 is 28.4 Å². The van der Waals surface area contributed by atoms with Gasteiger partial charge < -0.3 is 10.6 Å². The summed E-state index contributed by atoms with van der Waals surface area (Å²) in [5.74, 6) is -1.38. The first-order chi connectivity index (χ1) is 14.1. The Morgan fingerprint density at radius 2 is 1.59 bits per heavy atom. The molecule has 2 aromatic carbocycles. The molecule has 0 unspecified atom stereocenters. The van der Waals surface area contributed by atoms with Crippen molar-refractivity contribution in [2.75, 3.05) is 18.4 Å². The summed E-state index contributed by atoms with van der Waals surface area (Å²) in [6.45, 7) is 7.51. The Hall–Kier alpha value is -3.25. The molecule has 1 heterocycles. The predicted molar refractivity (Wildman–Crippen MR) is 115 cm³/mol. The van der Waals surface area contributed by atoms with E-state index in [9.17, 15) is 9.59 Å². The van der Waals surface area contributed by atoms with Gasteiger partial charge >= 0.3 is 11.8 Å². The van der Waals surface area contributed by atoms with Crippen LogP contribution in [0.15, 0.2) is 60.8 Å². The number of amides is 2. The third-order valence-corrected chi connectivity index (χ3v) is 4.86. The molecule has 3 aromatic rings. The molecule has 0 aliphatic rings. The van der Waals surface area contributed by atoms with Gasteiger partial charge in [-0.05, 0) is 36.3 Å². The lowest BCUT2D eigenvalue weighted by atomic mass is 10.1. The minimum Gasteiger partial charge on any atom is -0.344 e. The second-order valence-electron chi connectivity index (χ2n) is 6.80. The average Bonchev–Trinajstić information content (AvgIpc) is 2.76. The number of nitrogens with zero attached hydrogens (tertiary/aromatic N) is 2. The molecule has 0 fully saturated rings. The second kappa shape index (κ2) is 9.80. The highest BCUT2D eigenvalue weighted by molar-refractivity contribution is 6.40. The van der Waals surface area contributed by atoms with Crippen molar-refractivity contribution in [3.8, 4) is 0 Å². The summed E-state index contributed by atoms with van der Waals surface area (Å²) in [5, 5.41) is 6.21. The van der Waals surface area contributed by atoms with Crippen molar-refractivity contribution in [3.63, 3.8) is 0 Å². The largest absolute Gasteiger partial charge is 0.344 e. The molecule has 1 aromatic heterocycles. The topological polar surface area (TPSA) is 74.3 Å². The van der Waals surface area contributed by atoms with Crippen LogP contribution in [0.3, 0.4) is 0 Å². The predicted octanol–water partition coefficient (Wildman–Crippen LogP) is 3.33. The molecule has 0 aliphatic carbocycles. The third kappa shape index (κ3) is 5.39. The summed E-state index contributed by atoms with van der Waals surface area (Å²) in [7, 11) is 0. The third-order valence-electron chi connectivity index (χ3n) is 4.86. The summed E-state index contributed by atoms with van der Waals surface area (Å²) in [5.41, 5.74) is 3.34. The number of carbonyl (C=O) groups is 2. The summed E-state index contributed by atoms with van der Waals surface area (Å²) in [6.07, 6.45) is 1.65. The van der Waals surface area contributed by atoms with Crippen LogP contribution in [0.4, 0.5) is 5.69 Å². The van der Waals surface area contributed by atoms with Crippen molar-refractivity contribution in [2.45, 2.75) is 26.9 Å². The molecule has 0 saturated heterocycles. The molecule has 6 nitrogen and oxygen atoms in total. The molecule has 0 aliphatic heterocycles. The highest BCUT2D eigenvalue weighted by Gasteiger charge is 2.15. The van der Waals surface area contributed by atoms with Crippen LogP contribution in [0.25, 0.3) is 10.9 Å². The molecule has 6 heteroatoms. The van der Waals surface area contributed by atoms with Crippen LogP contribution >= 0.6 is 0 Å². The zero-order valence-electron chi connectivity index (χ0n) is 16.8. The van der Waals surface area contributed by atoms with Gasteiger partial charge in [-0.15, -0.1) is 0 Å². The number of fused-ring (bicyclic) bond motifs is 1. The Kier molecular flexibility index (Phi) is 6.92. The van der Waals surface area contributed by atoms with Crippen LogP contribution in [0, 0.1) is 0 Å². The first kappa shape index (κ1) is 20.5. The number of rotatable bonds is 7. The number of anilines is 1. The number of para-hydroxylation sites is 1. The van der Waals surface area contributed by atoms with Crippen LogP contribution in [0.2, 0.25) is 0 Å². The van der Waals surface area contributed by atoms with E-state index in [1.54, 1.807) is 12.3 Å². The molecule has 150 valence electrons. The number of aromatic nitrogens is 1. The molecule has 2 amide bonds. The molecule has 0 spiro atoms. The van der Waals surface area contributed by atoms with Crippen LogP contribution in [-0.2, 0) is 22.7 Å². The summed E-state index contributed by atoms with van der Waals surface area (Å²) < 4.78 is 0. The van der Waals surface area contributed by atoms with E-state index >= 15 is 0 Å². The van der Waals surface area contributed by atoms with Gasteiger partial charge in [-0.3, -0.25) is 19.5 Å². The van der Waals surface area contributed by atoms with Gasteiger partial charge in [0.2, 0.25) is 0 Å². The smallest absolute Gasteiger partial charge is 0.313 e. The van der Waals surface area contributed by atoms with E-state index in [-0.39, 0.29) is 0 Å². The van der Waals surface area contributed by atoms with Gasteiger partial charge in [0.1, 0.15) is 0 Å². The average molecular weight is 390 g/mol. The van der Waals surface area contributed by atoms with Gasteiger partial charge in [0.25, 0.3) is 0 Å². The maximum absolute atomic E-state index is 12.3. The second-order valence-corrected chi connectivity index (χ2v) is 6.80. The van der Waals surface area contributed by atoms with Crippen molar-refractivity contribution in [3.05, 3.63) is 71.9 Å². The first-order valence-electron chi connectivity index (χ1n) is 9.83. The zero-order chi connectivity index (χ0) is 20.6. The molecule has 2 N–H and O–H groups in total. The number of nitrogens with one attached hydrogen (secondary N) is 2. The number of benzene rings is 2. The van der Waals surface area contributed by atoms with E-state index in [2.05, 4.69) is 46.5 Å². The Morgan fingerprint density at radius 3 is 2.31 bits per heavy atom. The maximum Gasteiger partial charge on any atom is 0.313 e. The van der Waals surface area contributed by atoms with Gasteiger partial charge in [0.15, 0.2) is 0 Å². The maximum atomic E-state index is 12.3. The lowest BCUT2D eigenvalue weighted by Gasteiger charge is -2.18. The fraction of sp³-hybridized carbons (Fsp3) is 0.261. The molecule has 29 heavy (non-hydrogen) atoms. The van der Waals surface area contributed by atoms with Crippen molar-refractivity contribution in [1.82, 2.24) is 15.2 Å². The SMILES string of the molecule is CCN(CC)Cc1ccc(CNC(=O)C(=O)Nc2cccc3cccnc23)cc1.